The van der Waals surface area contributed by atoms with E-state index in [9.17, 15) is 14.4 Å². The van der Waals surface area contributed by atoms with Gasteiger partial charge in [-0.1, -0.05) is 18.2 Å². The first-order valence-electron chi connectivity index (χ1n) is 10.9. The van der Waals surface area contributed by atoms with E-state index in [0.717, 1.165) is 13.1 Å². The van der Waals surface area contributed by atoms with Crippen molar-refractivity contribution in [2.45, 2.75) is 19.4 Å². The number of para-hydroxylation sites is 1. The van der Waals surface area contributed by atoms with Crippen molar-refractivity contribution in [1.82, 2.24) is 14.5 Å². The number of carbonyl (C=O) groups excluding carboxylic acids is 2. The molecule has 33 heavy (non-hydrogen) atoms. The van der Waals surface area contributed by atoms with Crippen LogP contribution in [-0.2, 0) is 16.1 Å². The maximum absolute atomic E-state index is 12.9. The fourth-order valence-electron chi connectivity index (χ4n) is 4.10. The SMILES string of the molecule is COC(=O)c1ccc2c(=O)n(CCCC(=O)N3CCN(c4ccccc4)CC3)c(=S)[nH]c2c1. The number of esters is 1. The van der Waals surface area contributed by atoms with Gasteiger partial charge in [-0.25, -0.2) is 4.79 Å². The molecule has 0 atom stereocenters. The standard InChI is InChI=1S/C24H26N4O4S/c1-32-23(31)17-9-10-19-20(16-17)25-24(33)28(22(19)30)11-5-8-21(29)27-14-12-26(13-15-27)18-6-3-2-4-7-18/h2-4,6-7,9-10,16H,5,8,11-15H2,1H3,(H,25,33). The first-order chi connectivity index (χ1) is 16.0. The molecule has 1 aromatic heterocycles. The van der Waals surface area contributed by atoms with Gasteiger partial charge in [0.15, 0.2) is 4.77 Å². The lowest BCUT2D eigenvalue weighted by Crippen LogP contribution is -2.48. The van der Waals surface area contributed by atoms with Crippen LogP contribution in [0.1, 0.15) is 23.2 Å². The monoisotopic (exact) mass is 466 g/mol. The summed E-state index contributed by atoms with van der Waals surface area (Å²) < 4.78 is 6.45. The number of anilines is 1. The number of carbonyl (C=O) groups is 2. The van der Waals surface area contributed by atoms with E-state index in [4.69, 9.17) is 17.0 Å². The van der Waals surface area contributed by atoms with Gasteiger partial charge >= 0.3 is 5.97 Å². The summed E-state index contributed by atoms with van der Waals surface area (Å²) in [6.45, 7) is 3.33. The second-order valence-electron chi connectivity index (χ2n) is 7.95. The number of amides is 1. The molecule has 172 valence electrons. The van der Waals surface area contributed by atoms with Gasteiger partial charge in [0.05, 0.1) is 23.6 Å². The molecule has 1 aliphatic heterocycles. The summed E-state index contributed by atoms with van der Waals surface area (Å²) in [5.41, 5.74) is 1.75. The average molecular weight is 467 g/mol. The molecule has 0 aliphatic carbocycles. The summed E-state index contributed by atoms with van der Waals surface area (Å²) in [6.07, 6.45) is 0.868. The number of aromatic amines is 1. The van der Waals surface area contributed by atoms with Gasteiger partial charge in [0, 0.05) is 44.8 Å². The van der Waals surface area contributed by atoms with Crippen molar-refractivity contribution in [3.63, 3.8) is 0 Å². The Hall–Kier alpha value is -3.46. The highest BCUT2D eigenvalue weighted by Crippen LogP contribution is 2.16. The fourth-order valence-corrected chi connectivity index (χ4v) is 4.39. The van der Waals surface area contributed by atoms with Crippen molar-refractivity contribution in [2.24, 2.45) is 0 Å². The van der Waals surface area contributed by atoms with Crippen molar-refractivity contribution in [3.05, 3.63) is 69.2 Å². The molecule has 1 fully saturated rings. The molecule has 2 heterocycles. The molecule has 8 nitrogen and oxygen atoms in total. The summed E-state index contributed by atoms with van der Waals surface area (Å²) in [5, 5.41) is 0.430. The van der Waals surface area contributed by atoms with Crippen LogP contribution in [0, 0.1) is 4.77 Å². The van der Waals surface area contributed by atoms with Crippen LogP contribution in [-0.4, -0.2) is 59.6 Å². The van der Waals surface area contributed by atoms with E-state index in [1.54, 1.807) is 18.2 Å². The summed E-state index contributed by atoms with van der Waals surface area (Å²) in [6, 6.07) is 14.9. The van der Waals surface area contributed by atoms with Gasteiger partial charge in [-0.2, -0.15) is 0 Å². The largest absolute Gasteiger partial charge is 0.465 e. The zero-order valence-electron chi connectivity index (χ0n) is 18.5. The molecule has 0 saturated carbocycles. The Labute approximate surface area is 196 Å². The number of nitrogens with zero attached hydrogens (tertiary/aromatic N) is 3. The Morgan fingerprint density at radius 1 is 1.06 bits per heavy atom. The smallest absolute Gasteiger partial charge is 0.337 e. The van der Waals surface area contributed by atoms with Crippen LogP contribution in [0.3, 0.4) is 0 Å². The second kappa shape index (κ2) is 9.99. The van der Waals surface area contributed by atoms with E-state index in [-0.39, 0.29) is 16.2 Å². The van der Waals surface area contributed by atoms with Gasteiger partial charge in [-0.05, 0) is 49.0 Å². The topological polar surface area (TPSA) is 87.6 Å². The van der Waals surface area contributed by atoms with Crippen molar-refractivity contribution in [1.29, 1.82) is 0 Å². The molecule has 9 heteroatoms. The van der Waals surface area contributed by atoms with Crippen LogP contribution in [0.2, 0.25) is 0 Å². The minimum absolute atomic E-state index is 0.0918. The molecule has 0 spiro atoms. The highest BCUT2D eigenvalue weighted by Gasteiger charge is 2.21. The third kappa shape index (κ3) is 4.98. The molecule has 0 bridgehead atoms. The minimum Gasteiger partial charge on any atom is -0.465 e. The predicted octanol–water partition coefficient (Wildman–Crippen LogP) is 2.97. The zero-order chi connectivity index (χ0) is 23.4. The molecule has 3 aromatic rings. The number of benzene rings is 2. The lowest BCUT2D eigenvalue weighted by atomic mass is 10.1. The van der Waals surface area contributed by atoms with Crippen LogP contribution < -0.4 is 10.5 Å². The maximum atomic E-state index is 12.9. The number of nitrogens with one attached hydrogen (secondary N) is 1. The molecule has 4 rings (SSSR count). The first-order valence-corrected chi connectivity index (χ1v) is 11.3. The molecule has 1 N–H and O–H groups in total. The Bertz CT molecular complexity index is 1280. The number of aromatic nitrogens is 2. The van der Waals surface area contributed by atoms with E-state index < -0.39 is 5.97 Å². The lowest BCUT2D eigenvalue weighted by molar-refractivity contribution is -0.131. The molecule has 2 aromatic carbocycles. The van der Waals surface area contributed by atoms with Crippen molar-refractivity contribution < 1.29 is 14.3 Å². The maximum Gasteiger partial charge on any atom is 0.337 e. The highest BCUT2D eigenvalue weighted by molar-refractivity contribution is 7.71. The van der Waals surface area contributed by atoms with E-state index in [1.807, 2.05) is 23.1 Å². The average Bonchev–Trinajstić information content (AvgIpc) is 2.85. The van der Waals surface area contributed by atoms with E-state index in [0.29, 0.717) is 48.9 Å². The number of H-pyrrole nitrogens is 1. The second-order valence-corrected chi connectivity index (χ2v) is 8.33. The molecular formula is C24H26N4O4S. The summed E-state index contributed by atoms with van der Waals surface area (Å²) >= 11 is 5.36. The number of piperazine rings is 1. The van der Waals surface area contributed by atoms with Gasteiger partial charge in [-0.3, -0.25) is 14.2 Å². The summed E-state index contributed by atoms with van der Waals surface area (Å²) in [7, 11) is 1.30. The summed E-state index contributed by atoms with van der Waals surface area (Å²) in [4.78, 5) is 44.5. The minimum atomic E-state index is -0.483. The highest BCUT2D eigenvalue weighted by atomic mass is 32.1. The van der Waals surface area contributed by atoms with Crippen LogP contribution in [0.4, 0.5) is 5.69 Å². The Kier molecular flexibility index (Phi) is 6.88. The first kappa shape index (κ1) is 22.7. The Morgan fingerprint density at radius 2 is 1.79 bits per heavy atom. The van der Waals surface area contributed by atoms with Crippen molar-refractivity contribution in [3.8, 4) is 0 Å². The van der Waals surface area contributed by atoms with E-state index in [2.05, 4.69) is 22.0 Å². The van der Waals surface area contributed by atoms with Crippen molar-refractivity contribution in [2.75, 3.05) is 38.2 Å². The number of hydrogen-bond acceptors (Lipinski definition) is 6. The number of ether oxygens (including phenoxy) is 1. The Morgan fingerprint density at radius 3 is 2.48 bits per heavy atom. The van der Waals surface area contributed by atoms with Gasteiger partial charge in [0.1, 0.15) is 0 Å². The molecule has 0 radical (unpaired) electrons. The molecule has 1 saturated heterocycles. The van der Waals surface area contributed by atoms with E-state index >= 15 is 0 Å². The van der Waals surface area contributed by atoms with Crippen LogP contribution in [0.5, 0.6) is 0 Å². The number of hydrogen-bond donors (Lipinski definition) is 1. The van der Waals surface area contributed by atoms with Crippen LogP contribution in [0.25, 0.3) is 10.9 Å². The lowest BCUT2D eigenvalue weighted by Gasteiger charge is -2.36. The van der Waals surface area contributed by atoms with Crippen LogP contribution >= 0.6 is 12.2 Å². The number of methoxy groups -OCH3 is 1. The fraction of sp³-hybridized carbons (Fsp3) is 0.333. The zero-order valence-corrected chi connectivity index (χ0v) is 19.3. The normalized spacial score (nSPS) is 13.8. The van der Waals surface area contributed by atoms with E-state index in [1.165, 1.54) is 17.4 Å². The van der Waals surface area contributed by atoms with Gasteiger partial charge in [0.2, 0.25) is 5.91 Å². The third-order valence-corrected chi connectivity index (χ3v) is 6.25. The predicted molar refractivity (Wildman–Crippen MR) is 129 cm³/mol. The summed E-state index contributed by atoms with van der Waals surface area (Å²) in [5.74, 6) is -0.391. The molecule has 1 aliphatic rings. The molecular weight excluding hydrogens is 440 g/mol. The molecule has 0 unspecified atom stereocenters. The van der Waals surface area contributed by atoms with Crippen molar-refractivity contribution >= 4 is 40.7 Å². The third-order valence-electron chi connectivity index (χ3n) is 5.93. The van der Waals surface area contributed by atoms with Gasteiger partial charge in [-0.15, -0.1) is 0 Å². The number of rotatable bonds is 6. The number of fused-ring (bicyclic) bond motifs is 1. The van der Waals surface area contributed by atoms with Crippen LogP contribution in [0.15, 0.2) is 53.3 Å². The van der Waals surface area contributed by atoms with Gasteiger partial charge in [0.25, 0.3) is 5.56 Å². The quantitative estimate of drug-likeness (QED) is 0.444. The molecule has 1 amide bonds. The van der Waals surface area contributed by atoms with Gasteiger partial charge < -0.3 is 19.5 Å². The Balaban J connectivity index is 1.36.